The zero-order valence-corrected chi connectivity index (χ0v) is 12.6. The number of nitrogens with zero attached hydrogens (tertiary/aromatic N) is 1. The summed E-state index contributed by atoms with van der Waals surface area (Å²) in [5.74, 6) is 0.195. The van der Waals surface area contributed by atoms with Crippen LogP contribution in [-0.2, 0) is 4.79 Å². The fourth-order valence-electron chi connectivity index (χ4n) is 2.92. The lowest BCUT2D eigenvalue weighted by molar-refractivity contribution is -0.126. The second-order valence-corrected chi connectivity index (χ2v) is 5.48. The summed E-state index contributed by atoms with van der Waals surface area (Å²) in [5, 5.41) is 6.29. The van der Waals surface area contributed by atoms with Gasteiger partial charge >= 0.3 is 0 Å². The highest BCUT2D eigenvalue weighted by atomic mass is 16.2. The number of hydrogen-bond donors (Lipinski definition) is 2. The molecule has 1 aromatic rings. The maximum Gasteiger partial charge on any atom is 0.226 e. The van der Waals surface area contributed by atoms with Crippen LogP contribution in [0.3, 0.4) is 0 Å². The molecule has 1 aromatic carbocycles. The van der Waals surface area contributed by atoms with Gasteiger partial charge in [0.25, 0.3) is 0 Å². The van der Waals surface area contributed by atoms with Crippen molar-refractivity contribution in [1.82, 2.24) is 15.5 Å². The lowest BCUT2D eigenvalue weighted by atomic mass is 9.98. The average Bonchev–Trinajstić information content (AvgIpc) is 2.96. The highest BCUT2D eigenvalue weighted by molar-refractivity contribution is 5.80. The first-order valence-electron chi connectivity index (χ1n) is 7.40. The van der Waals surface area contributed by atoms with Gasteiger partial charge in [0.05, 0.1) is 5.92 Å². The summed E-state index contributed by atoms with van der Waals surface area (Å²) in [6.45, 7) is 6.49. The Balaban J connectivity index is 2.07. The molecular weight excluding hydrogens is 250 g/mol. The van der Waals surface area contributed by atoms with Crippen LogP contribution < -0.4 is 10.6 Å². The summed E-state index contributed by atoms with van der Waals surface area (Å²) < 4.78 is 0. The molecule has 1 aliphatic rings. The molecule has 2 rings (SSSR count). The van der Waals surface area contributed by atoms with Crippen LogP contribution >= 0.6 is 0 Å². The zero-order valence-electron chi connectivity index (χ0n) is 12.6. The molecule has 0 saturated carbocycles. The smallest absolute Gasteiger partial charge is 0.226 e. The zero-order chi connectivity index (χ0) is 14.5. The molecule has 0 spiro atoms. The van der Waals surface area contributed by atoms with Crippen LogP contribution in [-0.4, -0.2) is 43.5 Å². The lowest BCUT2D eigenvalue weighted by Crippen LogP contribution is -2.45. The lowest BCUT2D eigenvalue weighted by Gasteiger charge is -2.33. The van der Waals surface area contributed by atoms with E-state index in [1.165, 1.54) is 5.56 Å². The largest absolute Gasteiger partial charge is 0.356 e. The average molecular weight is 275 g/mol. The summed E-state index contributed by atoms with van der Waals surface area (Å²) in [6, 6.07) is 11.0. The predicted molar refractivity (Wildman–Crippen MR) is 81.5 cm³/mol. The van der Waals surface area contributed by atoms with E-state index in [9.17, 15) is 4.79 Å². The molecule has 1 fully saturated rings. The molecule has 0 aliphatic carbocycles. The SMILES string of the molecule is CCNC(=O)[C@@H]1CNC[C@H]1N(C)[C@H](C)c1ccccc1. The minimum absolute atomic E-state index is 0.0334. The summed E-state index contributed by atoms with van der Waals surface area (Å²) in [7, 11) is 2.11. The van der Waals surface area contributed by atoms with Crippen LogP contribution in [0.4, 0.5) is 0 Å². The van der Waals surface area contributed by atoms with Gasteiger partial charge in [-0.25, -0.2) is 0 Å². The Morgan fingerprint density at radius 1 is 1.40 bits per heavy atom. The maximum absolute atomic E-state index is 12.1. The fourth-order valence-corrected chi connectivity index (χ4v) is 2.92. The number of likely N-dealkylation sites (N-methyl/N-ethyl adjacent to an activating group) is 1. The summed E-state index contributed by atoms with van der Waals surface area (Å²) in [4.78, 5) is 14.5. The fraction of sp³-hybridized carbons (Fsp3) is 0.562. The second-order valence-electron chi connectivity index (χ2n) is 5.48. The Bertz CT molecular complexity index is 435. The topological polar surface area (TPSA) is 44.4 Å². The Morgan fingerprint density at radius 2 is 2.10 bits per heavy atom. The van der Waals surface area contributed by atoms with Gasteiger partial charge < -0.3 is 10.6 Å². The highest BCUT2D eigenvalue weighted by Gasteiger charge is 2.36. The molecular formula is C16H25N3O. The van der Waals surface area contributed by atoms with Crippen molar-refractivity contribution in [3.63, 3.8) is 0 Å². The van der Waals surface area contributed by atoms with E-state index in [1.807, 2.05) is 13.0 Å². The van der Waals surface area contributed by atoms with E-state index in [2.05, 4.69) is 53.8 Å². The first-order valence-corrected chi connectivity index (χ1v) is 7.40. The standard InChI is InChI=1S/C16H25N3O/c1-4-18-16(20)14-10-17-11-15(14)19(3)12(2)13-8-6-5-7-9-13/h5-9,12,14-15,17H,4,10-11H2,1-3H3,(H,18,20)/t12-,14-,15-/m1/s1. The molecule has 1 amide bonds. The molecule has 1 aliphatic heterocycles. The summed E-state index contributed by atoms with van der Waals surface area (Å²) >= 11 is 0. The number of amides is 1. The molecule has 0 bridgehead atoms. The van der Waals surface area contributed by atoms with Gasteiger partial charge in [-0.05, 0) is 26.5 Å². The van der Waals surface area contributed by atoms with E-state index in [0.29, 0.717) is 12.6 Å². The van der Waals surface area contributed by atoms with Crippen molar-refractivity contribution < 1.29 is 4.79 Å². The van der Waals surface area contributed by atoms with Gasteiger partial charge in [-0.15, -0.1) is 0 Å². The van der Waals surface area contributed by atoms with Crippen LogP contribution in [0.15, 0.2) is 30.3 Å². The number of carbonyl (C=O) groups excluding carboxylic acids is 1. The molecule has 4 heteroatoms. The minimum atomic E-state index is 0.0334. The van der Waals surface area contributed by atoms with E-state index >= 15 is 0 Å². The van der Waals surface area contributed by atoms with Crippen molar-refractivity contribution in [3.8, 4) is 0 Å². The number of nitrogens with one attached hydrogen (secondary N) is 2. The second kappa shape index (κ2) is 6.86. The molecule has 1 heterocycles. The van der Waals surface area contributed by atoms with Crippen LogP contribution in [0.2, 0.25) is 0 Å². The maximum atomic E-state index is 12.1. The van der Waals surface area contributed by atoms with Crippen molar-refractivity contribution in [1.29, 1.82) is 0 Å². The molecule has 110 valence electrons. The van der Waals surface area contributed by atoms with Gasteiger partial charge in [-0.1, -0.05) is 30.3 Å². The van der Waals surface area contributed by atoms with Crippen molar-refractivity contribution >= 4 is 5.91 Å². The normalized spacial score (nSPS) is 23.8. The molecule has 2 N–H and O–H groups in total. The molecule has 3 atom stereocenters. The van der Waals surface area contributed by atoms with Crippen molar-refractivity contribution in [2.24, 2.45) is 5.92 Å². The molecule has 0 unspecified atom stereocenters. The molecule has 1 saturated heterocycles. The number of carbonyl (C=O) groups is 1. The molecule has 20 heavy (non-hydrogen) atoms. The molecule has 4 nitrogen and oxygen atoms in total. The monoisotopic (exact) mass is 275 g/mol. The van der Waals surface area contributed by atoms with E-state index < -0.39 is 0 Å². The third-order valence-electron chi connectivity index (χ3n) is 4.29. The highest BCUT2D eigenvalue weighted by Crippen LogP contribution is 2.25. The van der Waals surface area contributed by atoms with Crippen molar-refractivity contribution in [2.45, 2.75) is 25.9 Å². The van der Waals surface area contributed by atoms with Crippen LogP contribution in [0.1, 0.15) is 25.5 Å². The number of rotatable bonds is 5. The predicted octanol–water partition coefficient (Wildman–Crippen LogP) is 1.40. The van der Waals surface area contributed by atoms with E-state index in [-0.39, 0.29) is 17.9 Å². The minimum Gasteiger partial charge on any atom is -0.356 e. The molecule has 0 aromatic heterocycles. The van der Waals surface area contributed by atoms with Crippen molar-refractivity contribution in [3.05, 3.63) is 35.9 Å². The van der Waals surface area contributed by atoms with E-state index in [1.54, 1.807) is 0 Å². The first kappa shape index (κ1) is 15.0. The Labute approximate surface area is 121 Å². The Morgan fingerprint density at radius 3 is 2.75 bits per heavy atom. The van der Waals surface area contributed by atoms with Crippen LogP contribution in [0.25, 0.3) is 0 Å². The third-order valence-corrected chi connectivity index (χ3v) is 4.29. The van der Waals surface area contributed by atoms with Gasteiger partial charge in [0.15, 0.2) is 0 Å². The van der Waals surface area contributed by atoms with Gasteiger partial charge in [-0.2, -0.15) is 0 Å². The van der Waals surface area contributed by atoms with Gasteiger partial charge in [0.1, 0.15) is 0 Å². The quantitative estimate of drug-likeness (QED) is 0.854. The summed E-state index contributed by atoms with van der Waals surface area (Å²) in [5.41, 5.74) is 1.29. The summed E-state index contributed by atoms with van der Waals surface area (Å²) in [6.07, 6.45) is 0. The van der Waals surface area contributed by atoms with Crippen LogP contribution in [0, 0.1) is 5.92 Å². The third kappa shape index (κ3) is 3.19. The number of benzene rings is 1. The molecule has 0 radical (unpaired) electrons. The Kier molecular flexibility index (Phi) is 5.15. The van der Waals surface area contributed by atoms with Crippen molar-refractivity contribution in [2.75, 3.05) is 26.7 Å². The first-order chi connectivity index (χ1) is 9.65. The van der Waals surface area contributed by atoms with E-state index in [4.69, 9.17) is 0 Å². The van der Waals surface area contributed by atoms with E-state index in [0.717, 1.165) is 13.1 Å². The van der Waals surface area contributed by atoms with Gasteiger partial charge in [0.2, 0.25) is 5.91 Å². The van der Waals surface area contributed by atoms with Gasteiger partial charge in [-0.3, -0.25) is 9.69 Å². The van der Waals surface area contributed by atoms with Gasteiger partial charge in [0, 0.05) is 31.7 Å². The number of hydrogen-bond acceptors (Lipinski definition) is 3. The Hall–Kier alpha value is -1.39. The van der Waals surface area contributed by atoms with Crippen LogP contribution in [0.5, 0.6) is 0 Å².